The Labute approximate surface area is 345 Å². The van der Waals surface area contributed by atoms with Crippen LogP contribution >= 0.6 is 0 Å². The molecule has 0 radical (unpaired) electrons. The minimum atomic E-state index is -0.800. The molecule has 0 saturated heterocycles. The fraction of sp³-hybridized carbons (Fsp3) is 0.740. The van der Waals surface area contributed by atoms with Crippen LogP contribution in [0.5, 0.6) is 0 Å². The molecule has 322 valence electrons. The molecule has 6 nitrogen and oxygen atoms in total. The smallest absolute Gasteiger partial charge is 0.306 e. The van der Waals surface area contributed by atoms with Crippen LogP contribution in [-0.2, 0) is 28.6 Å². The van der Waals surface area contributed by atoms with Crippen LogP contribution in [0, 0.1) is 0 Å². The van der Waals surface area contributed by atoms with Crippen molar-refractivity contribution in [2.24, 2.45) is 0 Å². The molecule has 0 heterocycles. The van der Waals surface area contributed by atoms with E-state index in [0.29, 0.717) is 19.3 Å². The molecule has 0 N–H and O–H groups in total. The number of allylic oxidation sites excluding steroid dienone is 10. The fourth-order valence-corrected chi connectivity index (χ4v) is 6.27. The molecule has 0 aliphatic heterocycles. The first kappa shape index (κ1) is 53.1. The minimum absolute atomic E-state index is 0.0973. The number of rotatable bonds is 41. The summed E-state index contributed by atoms with van der Waals surface area (Å²) < 4.78 is 16.6. The summed E-state index contributed by atoms with van der Waals surface area (Å²) in [4.78, 5) is 37.7. The minimum Gasteiger partial charge on any atom is -0.462 e. The van der Waals surface area contributed by atoms with Crippen molar-refractivity contribution >= 4 is 17.9 Å². The zero-order chi connectivity index (χ0) is 40.8. The highest BCUT2D eigenvalue weighted by Gasteiger charge is 2.19. The summed E-state index contributed by atoms with van der Waals surface area (Å²) in [6.07, 6.45) is 53.5. The Morgan fingerprint density at radius 3 is 1.25 bits per heavy atom. The van der Waals surface area contributed by atoms with Crippen LogP contribution in [0.3, 0.4) is 0 Å². The third-order valence-corrected chi connectivity index (χ3v) is 9.78. The van der Waals surface area contributed by atoms with Crippen LogP contribution in [0.15, 0.2) is 60.8 Å². The van der Waals surface area contributed by atoms with Gasteiger partial charge in [-0.3, -0.25) is 14.4 Å². The molecule has 0 aromatic rings. The van der Waals surface area contributed by atoms with Crippen molar-refractivity contribution in [1.29, 1.82) is 0 Å². The second-order valence-corrected chi connectivity index (χ2v) is 15.3. The van der Waals surface area contributed by atoms with E-state index in [4.69, 9.17) is 14.2 Å². The third kappa shape index (κ3) is 42.3. The standard InChI is InChI=1S/C50H86O6/c1-4-7-10-13-16-19-22-24-25-26-27-29-31-34-37-40-43-49(52)55-46-47(45-54-48(51)42-39-36-33-30-21-18-15-12-9-6-3)56-50(53)44-41-38-35-32-28-23-20-17-14-11-8-5-2/h8,11,17,20,25-29,32,47H,4-7,9-10,12-16,18-19,21-24,30-31,33-46H2,1-3H3/b11-8-,20-17-,26-25-,29-27-,32-28-. The van der Waals surface area contributed by atoms with E-state index in [1.807, 2.05) is 0 Å². The molecule has 0 aliphatic carbocycles. The number of esters is 3. The van der Waals surface area contributed by atoms with Gasteiger partial charge in [-0.1, -0.05) is 184 Å². The first-order valence-corrected chi connectivity index (χ1v) is 23.3. The number of hydrogen-bond acceptors (Lipinski definition) is 6. The van der Waals surface area contributed by atoms with E-state index in [2.05, 4.69) is 81.5 Å². The number of hydrogen-bond donors (Lipinski definition) is 0. The lowest BCUT2D eigenvalue weighted by molar-refractivity contribution is -0.167. The van der Waals surface area contributed by atoms with Gasteiger partial charge in [-0.25, -0.2) is 0 Å². The molecule has 1 atom stereocenters. The molecule has 0 aliphatic rings. The molecule has 1 unspecified atom stereocenters. The highest BCUT2D eigenvalue weighted by Crippen LogP contribution is 2.13. The van der Waals surface area contributed by atoms with Crippen molar-refractivity contribution in [1.82, 2.24) is 0 Å². The number of unbranched alkanes of at least 4 members (excludes halogenated alkanes) is 21. The van der Waals surface area contributed by atoms with Crippen LogP contribution < -0.4 is 0 Å². The summed E-state index contributed by atoms with van der Waals surface area (Å²) in [5.74, 6) is -0.969. The second kappa shape index (κ2) is 44.8. The second-order valence-electron chi connectivity index (χ2n) is 15.3. The van der Waals surface area contributed by atoms with E-state index >= 15 is 0 Å². The highest BCUT2D eigenvalue weighted by molar-refractivity contribution is 5.71. The Balaban J connectivity index is 4.45. The van der Waals surface area contributed by atoms with Crippen LogP contribution in [0.4, 0.5) is 0 Å². The average molecular weight is 783 g/mol. The summed E-state index contributed by atoms with van der Waals surface area (Å²) in [5.41, 5.74) is 0. The van der Waals surface area contributed by atoms with Crippen LogP contribution in [-0.4, -0.2) is 37.2 Å². The van der Waals surface area contributed by atoms with Crippen molar-refractivity contribution in [3.63, 3.8) is 0 Å². The molecule has 0 saturated carbocycles. The molecule has 0 rings (SSSR count). The van der Waals surface area contributed by atoms with Gasteiger partial charge in [0.1, 0.15) is 13.2 Å². The molecule has 0 fully saturated rings. The Hall–Kier alpha value is -2.89. The van der Waals surface area contributed by atoms with E-state index in [0.717, 1.165) is 83.5 Å². The zero-order valence-corrected chi connectivity index (χ0v) is 36.6. The van der Waals surface area contributed by atoms with Gasteiger partial charge in [0, 0.05) is 19.3 Å². The number of ether oxygens (including phenoxy) is 3. The van der Waals surface area contributed by atoms with Gasteiger partial charge < -0.3 is 14.2 Å². The molecule has 0 amide bonds. The van der Waals surface area contributed by atoms with E-state index < -0.39 is 6.10 Å². The van der Waals surface area contributed by atoms with Gasteiger partial charge in [0.2, 0.25) is 0 Å². The van der Waals surface area contributed by atoms with E-state index in [-0.39, 0.29) is 37.5 Å². The summed E-state index contributed by atoms with van der Waals surface area (Å²) in [6.45, 7) is 6.43. The SMILES string of the molecule is CC/C=C\C/C=C\C/C=C\CCCCC(=O)OC(COC(=O)CCCCC/C=C\C=C/CCCCCCCCC)COC(=O)CCCCCCCCCCCC. The number of carbonyl (C=O) groups excluding carboxylic acids is 3. The van der Waals surface area contributed by atoms with E-state index in [1.54, 1.807) is 0 Å². The van der Waals surface area contributed by atoms with Crippen molar-refractivity contribution < 1.29 is 28.6 Å². The molecular formula is C50H86O6. The Kier molecular flexibility index (Phi) is 42.5. The summed E-state index contributed by atoms with van der Waals surface area (Å²) in [6, 6.07) is 0. The first-order valence-electron chi connectivity index (χ1n) is 23.3. The third-order valence-electron chi connectivity index (χ3n) is 9.78. The van der Waals surface area contributed by atoms with E-state index in [9.17, 15) is 14.4 Å². The van der Waals surface area contributed by atoms with Gasteiger partial charge in [-0.15, -0.1) is 0 Å². The van der Waals surface area contributed by atoms with Gasteiger partial charge in [0.15, 0.2) is 6.10 Å². The molecule has 0 aromatic carbocycles. The topological polar surface area (TPSA) is 78.9 Å². The van der Waals surface area contributed by atoms with Gasteiger partial charge in [0.05, 0.1) is 0 Å². The van der Waals surface area contributed by atoms with Crippen LogP contribution in [0.2, 0.25) is 0 Å². The van der Waals surface area contributed by atoms with Crippen molar-refractivity contribution in [3.05, 3.63) is 60.8 Å². The normalized spacial score (nSPS) is 12.6. The molecule has 0 aromatic heterocycles. The van der Waals surface area contributed by atoms with Crippen molar-refractivity contribution in [2.75, 3.05) is 13.2 Å². The largest absolute Gasteiger partial charge is 0.462 e. The van der Waals surface area contributed by atoms with Gasteiger partial charge in [-0.2, -0.15) is 0 Å². The average Bonchev–Trinajstić information content (AvgIpc) is 3.19. The Morgan fingerprint density at radius 1 is 0.393 bits per heavy atom. The Bertz CT molecular complexity index is 1040. The highest BCUT2D eigenvalue weighted by atomic mass is 16.6. The molecule has 0 bridgehead atoms. The predicted octanol–water partition coefficient (Wildman–Crippen LogP) is 14.9. The molecule has 0 spiro atoms. The lowest BCUT2D eigenvalue weighted by Gasteiger charge is -2.18. The fourth-order valence-electron chi connectivity index (χ4n) is 6.27. The van der Waals surface area contributed by atoms with Gasteiger partial charge >= 0.3 is 17.9 Å². The van der Waals surface area contributed by atoms with Crippen LogP contribution in [0.25, 0.3) is 0 Å². The maximum absolute atomic E-state index is 12.7. The first-order chi connectivity index (χ1) is 27.5. The lowest BCUT2D eigenvalue weighted by Crippen LogP contribution is -2.30. The lowest BCUT2D eigenvalue weighted by atomic mass is 10.1. The maximum atomic E-state index is 12.7. The monoisotopic (exact) mass is 783 g/mol. The van der Waals surface area contributed by atoms with Crippen molar-refractivity contribution in [3.8, 4) is 0 Å². The predicted molar refractivity (Wildman–Crippen MR) is 238 cm³/mol. The van der Waals surface area contributed by atoms with Gasteiger partial charge in [-0.05, 0) is 77.0 Å². The molecular weight excluding hydrogens is 697 g/mol. The Morgan fingerprint density at radius 2 is 0.750 bits per heavy atom. The summed E-state index contributed by atoms with van der Waals surface area (Å²) >= 11 is 0. The maximum Gasteiger partial charge on any atom is 0.306 e. The molecule has 6 heteroatoms. The summed E-state index contributed by atoms with van der Waals surface area (Å²) in [5, 5.41) is 0. The van der Waals surface area contributed by atoms with Crippen molar-refractivity contribution in [2.45, 2.75) is 226 Å². The number of carbonyl (C=O) groups is 3. The van der Waals surface area contributed by atoms with Gasteiger partial charge in [0.25, 0.3) is 0 Å². The summed E-state index contributed by atoms with van der Waals surface area (Å²) in [7, 11) is 0. The molecule has 56 heavy (non-hydrogen) atoms. The zero-order valence-electron chi connectivity index (χ0n) is 36.6. The van der Waals surface area contributed by atoms with Crippen LogP contribution in [0.1, 0.15) is 220 Å². The van der Waals surface area contributed by atoms with E-state index in [1.165, 1.54) is 89.9 Å². The quantitative estimate of drug-likeness (QED) is 0.0202.